The van der Waals surface area contributed by atoms with Gasteiger partial charge in [0.15, 0.2) is 11.5 Å². The molecule has 3 atom stereocenters. The molecule has 0 radical (unpaired) electrons. The van der Waals surface area contributed by atoms with Crippen molar-refractivity contribution in [2.75, 3.05) is 57.1 Å². The standard InChI is InChI=1S/C39H53N5O6S/c1-8-16-47-17-15-43-13-11-29(12-14-43)39(6)49-35-27(5)30(37(45)41-21-32-33(51-7)18-24(2)42-38(32)46)19-31(36(35)50-39)28-9-10-34(40-20-28)44-22-25(3)48-26(4)23-44/h9-10,18-20,25-26,29H,8,11-17,21-23H2,1-7H3,(H,41,45)(H,42,46). The minimum Gasteiger partial charge on any atom is -0.448 e. The third-order valence-electron chi connectivity index (χ3n) is 10.2. The van der Waals surface area contributed by atoms with Crippen LogP contribution in [0.15, 0.2) is 40.2 Å². The number of hydrogen-bond donors (Lipinski definition) is 2. The number of hydrogen-bond acceptors (Lipinski definition) is 10. The van der Waals surface area contributed by atoms with E-state index in [1.807, 2.05) is 57.5 Å². The van der Waals surface area contributed by atoms with Gasteiger partial charge in [0.1, 0.15) is 5.82 Å². The van der Waals surface area contributed by atoms with E-state index in [0.29, 0.717) is 28.2 Å². The molecule has 12 heteroatoms. The van der Waals surface area contributed by atoms with Crippen molar-refractivity contribution < 1.29 is 23.7 Å². The zero-order valence-electron chi connectivity index (χ0n) is 31.1. The number of rotatable bonds is 12. The molecule has 2 aromatic heterocycles. The van der Waals surface area contributed by atoms with Crippen LogP contribution in [-0.4, -0.2) is 91.0 Å². The number of aryl methyl sites for hydroxylation is 1. The summed E-state index contributed by atoms with van der Waals surface area (Å²) >= 11 is 1.49. The number of aromatic amines is 1. The molecule has 3 aliphatic rings. The SMILES string of the molecule is CCCOCCN1CCC(C2(C)Oc3c(-c4ccc(N5CC(C)OC(C)C5)nc4)cc(C(=O)NCc4c(SC)cc(C)[nH]c4=O)c(C)c3O2)CC1. The van der Waals surface area contributed by atoms with E-state index in [0.717, 1.165) is 92.7 Å². The maximum atomic E-state index is 14.0. The maximum absolute atomic E-state index is 14.0. The molecule has 11 nitrogen and oxygen atoms in total. The van der Waals surface area contributed by atoms with E-state index in [9.17, 15) is 9.59 Å². The van der Waals surface area contributed by atoms with E-state index in [1.165, 1.54) is 11.8 Å². The van der Waals surface area contributed by atoms with Gasteiger partial charge in [0.25, 0.3) is 17.3 Å². The van der Waals surface area contributed by atoms with E-state index in [1.54, 1.807) is 0 Å². The van der Waals surface area contributed by atoms with Crippen LogP contribution in [0.25, 0.3) is 11.1 Å². The molecule has 3 aliphatic heterocycles. The number of fused-ring (bicyclic) bond motifs is 1. The number of benzene rings is 1. The Morgan fingerprint density at radius 1 is 1.10 bits per heavy atom. The normalized spacial score (nSPS) is 22.4. The Morgan fingerprint density at radius 2 is 1.82 bits per heavy atom. The van der Waals surface area contributed by atoms with E-state index >= 15 is 0 Å². The number of carbonyl (C=O) groups is 1. The number of nitrogens with one attached hydrogen (secondary N) is 2. The predicted octanol–water partition coefficient (Wildman–Crippen LogP) is 5.95. The highest BCUT2D eigenvalue weighted by Crippen LogP contribution is 2.52. The summed E-state index contributed by atoms with van der Waals surface area (Å²) in [7, 11) is 0. The molecule has 3 aromatic rings. The first-order valence-corrected chi connectivity index (χ1v) is 19.5. The Kier molecular flexibility index (Phi) is 11.6. The summed E-state index contributed by atoms with van der Waals surface area (Å²) in [5.74, 6) is 1.06. The van der Waals surface area contributed by atoms with Gasteiger partial charge in [-0.1, -0.05) is 6.92 Å². The first-order chi connectivity index (χ1) is 24.5. The lowest BCUT2D eigenvalue weighted by Crippen LogP contribution is -2.49. The van der Waals surface area contributed by atoms with Gasteiger partial charge in [-0.15, -0.1) is 11.8 Å². The second kappa shape index (κ2) is 16.0. The topological polar surface area (TPSA) is 118 Å². The number of amides is 1. The predicted molar refractivity (Wildman–Crippen MR) is 201 cm³/mol. The number of piperidine rings is 1. The monoisotopic (exact) mass is 719 g/mol. The van der Waals surface area contributed by atoms with Crippen LogP contribution < -0.4 is 25.2 Å². The fourth-order valence-corrected chi connectivity index (χ4v) is 8.22. The van der Waals surface area contributed by atoms with Crippen molar-refractivity contribution in [1.82, 2.24) is 20.2 Å². The Hall–Kier alpha value is -3.58. The van der Waals surface area contributed by atoms with Gasteiger partial charge in [0, 0.05) is 90.2 Å². The fourth-order valence-electron chi connectivity index (χ4n) is 7.52. The quantitative estimate of drug-likeness (QED) is 0.172. The zero-order valence-corrected chi connectivity index (χ0v) is 31.9. The summed E-state index contributed by atoms with van der Waals surface area (Å²) in [5, 5.41) is 3.02. The highest BCUT2D eigenvalue weighted by Gasteiger charge is 2.47. The Morgan fingerprint density at radius 3 is 2.49 bits per heavy atom. The Labute approximate surface area is 305 Å². The van der Waals surface area contributed by atoms with Gasteiger partial charge >= 0.3 is 0 Å². The lowest BCUT2D eigenvalue weighted by molar-refractivity contribution is -0.125. The van der Waals surface area contributed by atoms with Gasteiger partial charge in [-0.2, -0.15) is 0 Å². The van der Waals surface area contributed by atoms with Crippen molar-refractivity contribution >= 4 is 23.5 Å². The Balaban J connectivity index is 1.28. The molecule has 1 amide bonds. The molecule has 6 rings (SSSR count). The van der Waals surface area contributed by atoms with Crippen LogP contribution in [0, 0.1) is 19.8 Å². The van der Waals surface area contributed by atoms with Crippen LogP contribution in [0.3, 0.4) is 0 Å². The summed E-state index contributed by atoms with van der Waals surface area (Å²) in [6.45, 7) is 18.0. The minimum atomic E-state index is -0.891. The van der Waals surface area contributed by atoms with Crippen LogP contribution in [-0.2, 0) is 16.0 Å². The van der Waals surface area contributed by atoms with Gasteiger partial charge < -0.3 is 39.0 Å². The molecule has 0 bridgehead atoms. The second-order valence-electron chi connectivity index (χ2n) is 14.3. The zero-order chi connectivity index (χ0) is 36.3. The Bertz CT molecular complexity index is 1750. The molecule has 276 valence electrons. The number of thioether (sulfide) groups is 1. The third-order valence-corrected chi connectivity index (χ3v) is 11.0. The van der Waals surface area contributed by atoms with Crippen LogP contribution in [0.4, 0.5) is 5.82 Å². The average molecular weight is 720 g/mol. The smallest absolute Gasteiger partial charge is 0.254 e. The second-order valence-corrected chi connectivity index (χ2v) is 15.1. The van der Waals surface area contributed by atoms with E-state index in [-0.39, 0.29) is 36.1 Å². The van der Waals surface area contributed by atoms with Crippen molar-refractivity contribution in [3.8, 4) is 22.6 Å². The van der Waals surface area contributed by atoms with E-state index in [2.05, 4.69) is 40.9 Å². The number of carbonyl (C=O) groups excluding carboxylic acids is 1. The molecular weight excluding hydrogens is 667 g/mol. The molecule has 51 heavy (non-hydrogen) atoms. The molecule has 2 fully saturated rings. The van der Waals surface area contributed by atoms with Crippen LogP contribution >= 0.6 is 11.8 Å². The van der Waals surface area contributed by atoms with Crippen molar-refractivity contribution in [3.05, 3.63) is 63.2 Å². The number of aromatic nitrogens is 2. The summed E-state index contributed by atoms with van der Waals surface area (Å²) in [6, 6.07) is 7.86. The summed E-state index contributed by atoms with van der Waals surface area (Å²) in [4.78, 5) is 40.1. The number of pyridine rings is 2. The molecule has 0 aliphatic carbocycles. The average Bonchev–Trinajstić information content (AvgIpc) is 3.48. The lowest BCUT2D eigenvalue weighted by Gasteiger charge is -2.38. The summed E-state index contributed by atoms with van der Waals surface area (Å²) in [6.07, 6.45) is 6.88. The number of ether oxygens (including phenoxy) is 4. The fraction of sp³-hybridized carbons (Fsp3) is 0.564. The number of H-pyrrole nitrogens is 1. The molecule has 2 saturated heterocycles. The van der Waals surface area contributed by atoms with Crippen molar-refractivity contribution in [2.45, 2.75) is 90.2 Å². The van der Waals surface area contributed by atoms with Crippen LogP contribution in [0.2, 0.25) is 0 Å². The molecule has 5 heterocycles. The van der Waals surface area contributed by atoms with Crippen molar-refractivity contribution in [2.24, 2.45) is 5.92 Å². The number of likely N-dealkylation sites (tertiary alicyclic amines) is 1. The molecule has 2 N–H and O–H groups in total. The maximum Gasteiger partial charge on any atom is 0.254 e. The summed E-state index contributed by atoms with van der Waals surface area (Å²) in [5.41, 5.74) is 3.85. The first-order valence-electron chi connectivity index (χ1n) is 18.3. The highest BCUT2D eigenvalue weighted by molar-refractivity contribution is 7.98. The first kappa shape index (κ1) is 37.2. The van der Waals surface area contributed by atoms with Gasteiger partial charge in [-0.3, -0.25) is 9.59 Å². The molecular formula is C39H53N5O6S. The number of anilines is 1. The molecule has 3 unspecified atom stereocenters. The minimum absolute atomic E-state index is 0.0975. The van der Waals surface area contributed by atoms with Gasteiger partial charge in [0.05, 0.1) is 18.8 Å². The van der Waals surface area contributed by atoms with Crippen molar-refractivity contribution in [1.29, 1.82) is 0 Å². The van der Waals surface area contributed by atoms with Gasteiger partial charge in [-0.05, 0) is 90.6 Å². The largest absolute Gasteiger partial charge is 0.448 e. The molecule has 1 aromatic carbocycles. The number of nitrogens with zero attached hydrogens (tertiary/aromatic N) is 3. The van der Waals surface area contributed by atoms with E-state index < -0.39 is 5.79 Å². The summed E-state index contributed by atoms with van der Waals surface area (Å²) < 4.78 is 25.3. The van der Waals surface area contributed by atoms with Gasteiger partial charge in [0.2, 0.25) is 0 Å². The van der Waals surface area contributed by atoms with E-state index in [4.69, 9.17) is 23.9 Å². The van der Waals surface area contributed by atoms with Crippen LogP contribution in [0.1, 0.15) is 74.1 Å². The number of morpholine rings is 1. The lowest BCUT2D eigenvalue weighted by atomic mass is 9.89. The third kappa shape index (κ3) is 8.24. The highest BCUT2D eigenvalue weighted by atomic mass is 32.2. The van der Waals surface area contributed by atoms with Crippen molar-refractivity contribution in [3.63, 3.8) is 0 Å². The molecule has 0 spiro atoms. The van der Waals surface area contributed by atoms with Crippen LogP contribution in [0.5, 0.6) is 11.5 Å². The van der Waals surface area contributed by atoms with Gasteiger partial charge in [-0.25, -0.2) is 4.98 Å². The molecule has 0 saturated carbocycles.